The monoisotopic (exact) mass is 389 g/mol. The summed E-state index contributed by atoms with van der Waals surface area (Å²) < 4.78 is 5.67. The Balaban J connectivity index is 1.33. The predicted octanol–water partition coefficient (Wildman–Crippen LogP) is 3.80. The van der Waals surface area contributed by atoms with Gasteiger partial charge in [-0.2, -0.15) is 0 Å². The summed E-state index contributed by atoms with van der Waals surface area (Å²) in [7, 11) is 0. The molecule has 2 saturated carbocycles. The lowest BCUT2D eigenvalue weighted by atomic mass is 9.95. The molecule has 1 atom stereocenters. The van der Waals surface area contributed by atoms with Crippen molar-refractivity contribution in [2.45, 2.75) is 82.4 Å². The Bertz CT molecular complexity index is 581. The molecule has 2 aliphatic carbocycles. The van der Waals surface area contributed by atoms with Gasteiger partial charge in [-0.1, -0.05) is 38.5 Å². The summed E-state index contributed by atoms with van der Waals surface area (Å²) in [4.78, 5) is 12.1. The van der Waals surface area contributed by atoms with Gasteiger partial charge in [-0.15, -0.1) is 0 Å². The maximum absolute atomic E-state index is 12.1. The number of nitrogens with one attached hydrogen (secondary N) is 3. The minimum atomic E-state index is -0.527. The average Bonchev–Trinajstić information content (AvgIpc) is 2.73. The van der Waals surface area contributed by atoms with Crippen LogP contribution in [0.15, 0.2) is 24.3 Å². The standard InChI is InChI=1S/C22H35N3O3/c26-20(15-23-17-7-3-1-4-8-17)16-28-21-13-11-19(12-14-21)25-22(27)24-18-9-5-2-6-10-18/h11-14,17-18,20,23,26H,1-10,15-16H2,(H2,24,25,27). The average molecular weight is 390 g/mol. The second-order valence-corrected chi connectivity index (χ2v) is 8.17. The molecule has 2 aliphatic rings. The number of aliphatic hydroxyl groups excluding tert-OH is 1. The molecule has 0 spiro atoms. The van der Waals surface area contributed by atoms with Crippen molar-refractivity contribution in [2.75, 3.05) is 18.5 Å². The highest BCUT2D eigenvalue weighted by molar-refractivity contribution is 5.89. The summed E-state index contributed by atoms with van der Waals surface area (Å²) >= 11 is 0. The molecule has 0 radical (unpaired) electrons. The zero-order valence-corrected chi connectivity index (χ0v) is 16.8. The molecule has 2 amide bonds. The molecular formula is C22H35N3O3. The van der Waals surface area contributed by atoms with Crippen LogP contribution in [0.25, 0.3) is 0 Å². The number of carbonyl (C=O) groups excluding carboxylic acids is 1. The molecule has 4 N–H and O–H groups in total. The van der Waals surface area contributed by atoms with Crippen molar-refractivity contribution in [3.05, 3.63) is 24.3 Å². The number of carbonyl (C=O) groups is 1. The van der Waals surface area contributed by atoms with Crippen LogP contribution < -0.4 is 20.7 Å². The van der Waals surface area contributed by atoms with Gasteiger partial charge in [0, 0.05) is 24.3 Å². The quantitative estimate of drug-likeness (QED) is 0.545. The number of urea groups is 1. The van der Waals surface area contributed by atoms with Crippen LogP contribution in [0.4, 0.5) is 10.5 Å². The Hall–Kier alpha value is -1.79. The molecule has 28 heavy (non-hydrogen) atoms. The number of anilines is 1. The van der Waals surface area contributed by atoms with Gasteiger partial charge in [0.2, 0.25) is 0 Å². The number of benzene rings is 1. The zero-order chi connectivity index (χ0) is 19.6. The van der Waals surface area contributed by atoms with Crippen molar-refractivity contribution in [3.63, 3.8) is 0 Å². The molecule has 0 heterocycles. The lowest BCUT2D eigenvalue weighted by molar-refractivity contribution is 0.102. The van der Waals surface area contributed by atoms with Crippen LogP contribution in [-0.2, 0) is 0 Å². The Labute approximate surface area is 168 Å². The number of hydrogen-bond acceptors (Lipinski definition) is 4. The van der Waals surface area contributed by atoms with Crippen LogP contribution >= 0.6 is 0 Å². The fourth-order valence-corrected chi connectivity index (χ4v) is 4.09. The first-order valence-electron chi connectivity index (χ1n) is 10.9. The topological polar surface area (TPSA) is 82.6 Å². The molecule has 2 fully saturated rings. The number of aliphatic hydroxyl groups is 1. The van der Waals surface area contributed by atoms with Crippen molar-refractivity contribution in [2.24, 2.45) is 0 Å². The Kier molecular flexibility index (Phi) is 8.42. The van der Waals surface area contributed by atoms with E-state index in [9.17, 15) is 9.90 Å². The first-order valence-corrected chi connectivity index (χ1v) is 10.9. The molecule has 156 valence electrons. The van der Waals surface area contributed by atoms with E-state index in [0.717, 1.165) is 18.5 Å². The zero-order valence-electron chi connectivity index (χ0n) is 16.8. The smallest absolute Gasteiger partial charge is 0.319 e. The number of rotatable bonds is 8. The van der Waals surface area contributed by atoms with Crippen molar-refractivity contribution < 1.29 is 14.6 Å². The maximum Gasteiger partial charge on any atom is 0.319 e. The summed E-state index contributed by atoms with van der Waals surface area (Å²) in [6, 6.07) is 7.96. The van der Waals surface area contributed by atoms with Crippen LogP contribution in [0.3, 0.4) is 0 Å². The van der Waals surface area contributed by atoms with Gasteiger partial charge in [-0.25, -0.2) is 4.79 Å². The second kappa shape index (κ2) is 11.3. The second-order valence-electron chi connectivity index (χ2n) is 8.17. The van der Waals surface area contributed by atoms with Gasteiger partial charge in [0.1, 0.15) is 18.5 Å². The van der Waals surface area contributed by atoms with Crippen molar-refractivity contribution in [1.82, 2.24) is 10.6 Å². The van der Waals surface area contributed by atoms with Crippen molar-refractivity contribution in [3.8, 4) is 5.75 Å². The van der Waals surface area contributed by atoms with E-state index in [1.54, 1.807) is 0 Å². The highest BCUT2D eigenvalue weighted by Gasteiger charge is 2.16. The van der Waals surface area contributed by atoms with Gasteiger partial charge >= 0.3 is 6.03 Å². The summed E-state index contributed by atoms with van der Waals surface area (Å²) in [6.45, 7) is 0.820. The lowest BCUT2D eigenvalue weighted by Gasteiger charge is -2.24. The number of amides is 2. The van der Waals surface area contributed by atoms with E-state index in [-0.39, 0.29) is 12.6 Å². The normalized spacial score (nSPS) is 19.8. The van der Waals surface area contributed by atoms with Crippen molar-refractivity contribution in [1.29, 1.82) is 0 Å². The molecule has 0 saturated heterocycles. The fourth-order valence-electron chi connectivity index (χ4n) is 4.09. The molecule has 0 bridgehead atoms. The summed E-state index contributed by atoms with van der Waals surface area (Å²) in [5.74, 6) is 0.690. The minimum Gasteiger partial charge on any atom is -0.491 e. The molecule has 1 aromatic carbocycles. The van der Waals surface area contributed by atoms with Crippen LogP contribution in [0.2, 0.25) is 0 Å². The van der Waals surface area contributed by atoms with Crippen LogP contribution in [0, 0.1) is 0 Å². The predicted molar refractivity (Wildman–Crippen MR) is 112 cm³/mol. The van der Waals surface area contributed by atoms with Gasteiger partial charge in [-0.05, 0) is 49.9 Å². The SMILES string of the molecule is O=C(Nc1ccc(OCC(O)CNC2CCCCC2)cc1)NC1CCCCC1. The highest BCUT2D eigenvalue weighted by atomic mass is 16.5. The van der Waals surface area contributed by atoms with Gasteiger partial charge < -0.3 is 25.8 Å². The van der Waals surface area contributed by atoms with E-state index in [1.807, 2.05) is 24.3 Å². The van der Waals surface area contributed by atoms with Gasteiger partial charge in [0.15, 0.2) is 0 Å². The highest BCUT2D eigenvalue weighted by Crippen LogP contribution is 2.19. The number of ether oxygens (including phenoxy) is 1. The van der Waals surface area contributed by atoms with E-state index in [2.05, 4.69) is 16.0 Å². The van der Waals surface area contributed by atoms with Crippen LogP contribution in [0.1, 0.15) is 64.2 Å². The molecule has 3 rings (SSSR count). The largest absolute Gasteiger partial charge is 0.491 e. The van der Waals surface area contributed by atoms with E-state index >= 15 is 0 Å². The molecule has 0 aromatic heterocycles. The van der Waals surface area contributed by atoms with Crippen LogP contribution in [-0.4, -0.2) is 42.5 Å². The first kappa shape index (κ1) is 20.9. The third-order valence-corrected chi connectivity index (χ3v) is 5.74. The lowest BCUT2D eigenvalue weighted by Crippen LogP contribution is -2.39. The molecule has 0 aliphatic heterocycles. The summed E-state index contributed by atoms with van der Waals surface area (Å²) in [5.41, 5.74) is 0.736. The van der Waals surface area contributed by atoms with Crippen molar-refractivity contribution >= 4 is 11.7 Å². The molecule has 6 heteroatoms. The number of hydrogen-bond donors (Lipinski definition) is 4. The Morgan fingerprint density at radius 2 is 1.57 bits per heavy atom. The van der Waals surface area contributed by atoms with E-state index in [0.29, 0.717) is 24.4 Å². The van der Waals surface area contributed by atoms with Gasteiger partial charge in [0.05, 0.1) is 0 Å². The molecule has 1 aromatic rings. The van der Waals surface area contributed by atoms with Gasteiger partial charge in [-0.3, -0.25) is 0 Å². The van der Waals surface area contributed by atoms with E-state index in [4.69, 9.17) is 4.74 Å². The fraction of sp³-hybridized carbons (Fsp3) is 0.682. The third kappa shape index (κ3) is 7.32. The van der Waals surface area contributed by atoms with E-state index in [1.165, 1.54) is 51.4 Å². The first-order chi connectivity index (χ1) is 13.7. The maximum atomic E-state index is 12.1. The van der Waals surface area contributed by atoms with Crippen LogP contribution in [0.5, 0.6) is 5.75 Å². The van der Waals surface area contributed by atoms with E-state index < -0.39 is 6.10 Å². The third-order valence-electron chi connectivity index (χ3n) is 5.74. The Morgan fingerprint density at radius 1 is 0.964 bits per heavy atom. The summed E-state index contributed by atoms with van der Waals surface area (Å²) in [6.07, 6.45) is 11.6. The minimum absolute atomic E-state index is 0.148. The van der Waals surface area contributed by atoms with Gasteiger partial charge in [0.25, 0.3) is 0 Å². The summed E-state index contributed by atoms with van der Waals surface area (Å²) in [5, 5.41) is 19.5. The molecular weight excluding hydrogens is 354 g/mol. The molecule has 6 nitrogen and oxygen atoms in total. The molecule has 1 unspecified atom stereocenters. The Morgan fingerprint density at radius 3 is 2.21 bits per heavy atom.